The third-order valence-electron chi connectivity index (χ3n) is 4.92. The number of benzene rings is 1. The molecule has 3 atom stereocenters. The van der Waals surface area contributed by atoms with E-state index in [9.17, 15) is 19.5 Å². The number of nitrogens with one attached hydrogen (secondary N) is 1. The summed E-state index contributed by atoms with van der Waals surface area (Å²) in [5.74, 6) is -2.30. The summed E-state index contributed by atoms with van der Waals surface area (Å²) >= 11 is 0. The number of ether oxygens (including phenoxy) is 1. The van der Waals surface area contributed by atoms with Crippen LogP contribution in [-0.4, -0.2) is 59.1 Å². The summed E-state index contributed by atoms with van der Waals surface area (Å²) in [6, 6.07) is 8.09. The molecule has 0 saturated heterocycles. The number of amides is 2. The molecule has 4 N–H and O–H groups in total. The standard InChI is InChI=1S/C22H31N3O5/c1-3-8-18(26)24-19-16(23)14-17(22(28)29)30-20(19)21(27)25(12-4-2)13-11-15-9-6-5-7-10-15/h5-7,9-10,14,16,19-20H,3-4,8,11-13,23H2,1-2H3,(H,24,26)(H,28,29)/t16-,19+,20+/m0/s1. The summed E-state index contributed by atoms with van der Waals surface area (Å²) in [7, 11) is 0. The number of rotatable bonds is 10. The Hall–Kier alpha value is -2.87. The highest BCUT2D eigenvalue weighted by Crippen LogP contribution is 2.20. The van der Waals surface area contributed by atoms with Gasteiger partial charge in [-0.2, -0.15) is 0 Å². The van der Waals surface area contributed by atoms with E-state index >= 15 is 0 Å². The maximum atomic E-state index is 13.3. The van der Waals surface area contributed by atoms with Gasteiger partial charge in [-0.3, -0.25) is 9.59 Å². The first-order valence-corrected chi connectivity index (χ1v) is 10.4. The smallest absolute Gasteiger partial charge is 0.370 e. The van der Waals surface area contributed by atoms with Gasteiger partial charge >= 0.3 is 5.97 Å². The second kappa shape index (κ2) is 11.3. The van der Waals surface area contributed by atoms with Crippen LogP contribution in [0.2, 0.25) is 0 Å². The number of hydrogen-bond donors (Lipinski definition) is 3. The summed E-state index contributed by atoms with van der Waals surface area (Å²) in [6.07, 6.45) is 2.35. The molecule has 0 fully saturated rings. The minimum Gasteiger partial charge on any atom is -0.475 e. The van der Waals surface area contributed by atoms with Gasteiger partial charge in [0.1, 0.15) is 0 Å². The molecule has 1 heterocycles. The van der Waals surface area contributed by atoms with E-state index in [4.69, 9.17) is 10.5 Å². The maximum Gasteiger partial charge on any atom is 0.370 e. The van der Waals surface area contributed by atoms with Crippen LogP contribution in [0.15, 0.2) is 42.2 Å². The fraction of sp³-hybridized carbons (Fsp3) is 0.500. The summed E-state index contributed by atoms with van der Waals surface area (Å²) in [4.78, 5) is 38.6. The zero-order valence-electron chi connectivity index (χ0n) is 17.5. The van der Waals surface area contributed by atoms with Gasteiger partial charge in [-0.15, -0.1) is 0 Å². The van der Waals surface area contributed by atoms with Crippen molar-refractivity contribution in [1.82, 2.24) is 10.2 Å². The molecular weight excluding hydrogens is 386 g/mol. The van der Waals surface area contributed by atoms with Gasteiger partial charge in [0.05, 0.1) is 12.1 Å². The second-order valence-electron chi connectivity index (χ2n) is 7.36. The van der Waals surface area contributed by atoms with Crippen molar-refractivity contribution in [3.63, 3.8) is 0 Å². The number of carbonyl (C=O) groups excluding carboxylic acids is 2. The zero-order chi connectivity index (χ0) is 22.1. The molecule has 164 valence electrons. The van der Waals surface area contributed by atoms with Crippen LogP contribution in [0.25, 0.3) is 0 Å². The number of carboxylic acid groups (broad SMARTS) is 1. The van der Waals surface area contributed by atoms with Crippen LogP contribution in [0.1, 0.15) is 38.7 Å². The van der Waals surface area contributed by atoms with Gasteiger partial charge in [-0.25, -0.2) is 4.79 Å². The molecule has 1 aromatic carbocycles. The van der Waals surface area contributed by atoms with E-state index < -0.39 is 24.2 Å². The number of carboxylic acids is 1. The SMILES string of the molecule is CCCC(=O)N[C@@H]1[C@@H](N)C=C(C(=O)O)O[C@H]1C(=O)N(CCC)CCc1ccccc1. The Morgan fingerprint density at radius 2 is 1.83 bits per heavy atom. The van der Waals surface area contributed by atoms with Crippen molar-refractivity contribution < 1.29 is 24.2 Å². The highest BCUT2D eigenvalue weighted by Gasteiger charge is 2.42. The van der Waals surface area contributed by atoms with Gasteiger partial charge in [0.25, 0.3) is 5.91 Å². The molecule has 8 heteroatoms. The maximum absolute atomic E-state index is 13.3. The van der Waals surface area contributed by atoms with Gasteiger partial charge < -0.3 is 25.8 Å². The lowest BCUT2D eigenvalue weighted by molar-refractivity contribution is -0.149. The van der Waals surface area contributed by atoms with Crippen LogP contribution in [-0.2, 0) is 25.5 Å². The molecule has 2 amide bonds. The van der Waals surface area contributed by atoms with E-state index in [0.29, 0.717) is 25.9 Å². The Kier molecular flexibility index (Phi) is 8.86. The molecule has 1 aliphatic rings. The zero-order valence-corrected chi connectivity index (χ0v) is 17.5. The molecule has 0 radical (unpaired) electrons. The van der Waals surface area contributed by atoms with Crippen LogP contribution in [0.4, 0.5) is 0 Å². The molecule has 0 aromatic heterocycles. The number of aliphatic carboxylic acids is 1. The third-order valence-corrected chi connectivity index (χ3v) is 4.92. The van der Waals surface area contributed by atoms with Crippen LogP contribution in [0.3, 0.4) is 0 Å². The van der Waals surface area contributed by atoms with Gasteiger partial charge in [0, 0.05) is 19.5 Å². The lowest BCUT2D eigenvalue weighted by Gasteiger charge is -2.37. The highest BCUT2D eigenvalue weighted by molar-refractivity contribution is 5.88. The van der Waals surface area contributed by atoms with Crippen LogP contribution in [0, 0.1) is 0 Å². The van der Waals surface area contributed by atoms with Crippen molar-refractivity contribution in [1.29, 1.82) is 0 Å². The Morgan fingerprint density at radius 1 is 1.13 bits per heavy atom. The van der Waals surface area contributed by atoms with Crippen LogP contribution < -0.4 is 11.1 Å². The first kappa shape index (κ1) is 23.4. The topological polar surface area (TPSA) is 122 Å². The molecule has 0 bridgehead atoms. The van der Waals surface area contributed by atoms with Gasteiger partial charge in [0.15, 0.2) is 6.10 Å². The first-order valence-electron chi connectivity index (χ1n) is 10.4. The quantitative estimate of drug-likeness (QED) is 0.530. The molecule has 0 saturated carbocycles. The van der Waals surface area contributed by atoms with Crippen molar-refractivity contribution in [2.75, 3.05) is 13.1 Å². The summed E-state index contributed by atoms with van der Waals surface area (Å²) in [5.41, 5.74) is 7.20. The molecule has 8 nitrogen and oxygen atoms in total. The lowest BCUT2D eigenvalue weighted by atomic mass is 9.97. The predicted molar refractivity (Wildman–Crippen MR) is 112 cm³/mol. The number of nitrogens with zero attached hydrogens (tertiary/aromatic N) is 1. The Bertz CT molecular complexity index is 765. The number of nitrogens with two attached hydrogens (primary N) is 1. The van der Waals surface area contributed by atoms with E-state index in [0.717, 1.165) is 12.0 Å². The molecule has 2 rings (SSSR count). The monoisotopic (exact) mass is 417 g/mol. The van der Waals surface area contributed by atoms with E-state index in [2.05, 4.69) is 5.32 Å². The molecule has 1 aromatic rings. The number of hydrogen-bond acceptors (Lipinski definition) is 5. The lowest BCUT2D eigenvalue weighted by Crippen LogP contribution is -2.61. The fourth-order valence-electron chi connectivity index (χ4n) is 3.40. The van der Waals surface area contributed by atoms with E-state index in [-0.39, 0.29) is 24.0 Å². The average Bonchev–Trinajstić information content (AvgIpc) is 2.72. The van der Waals surface area contributed by atoms with Gasteiger partial charge in [-0.1, -0.05) is 44.2 Å². The normalized spacial score (nSPS) is 20.6. The molecule has 1 aliphatic heterocycles. The van der Waals surface area contributed by atoms with Crippen molar-refractivity contribution >= 4 is 17.8 Å². The van der Waals surface area contributed by atoms with Crippen molar-refractivity contribution in [2.24, 2.45) is 5.73 Å². The van der Waals surface area contributed by atoms with E-state index in [1.165, 1.54) is 6.08 Å². The minimum atomic E-state index is -1.30. The van der Waals surface area contributed by atoms with Crippen LogP contribution in [0.5, 0.6) is 0 Å². The van der Waals surface area contributed by atoms with E-state index in [1.54, 1.807) is 4.90 Å². The van der Waals surface area contributed by atoms with Crippen LogP contribution >= 0.6 is 0 Å². The Labute approximate surface area is 177 Å². The number of carbonyl (C=O) groups is 3. The van der Waals surface area contributed by atoms with Gasteiger partial charge in [0.2, 0.25) is 11.7 Å². The predicted octanol–water partition coefficient (Wildman–Crippen LogP) is 1.45. The third kappa shape index (κ3) is 6.32. The van der Waals surface area contributed by atoms with Gasteiger partial charge in [-0.05, 0) is 30.9 Å². The molecule has 0 unspecified atom stereocenters. The Balaban J connectivity index is 2.22. The largest absolute Gasteiger partial charge is 0.475 e. The summed E-state index contributed by atoms with van der Waals surface area (Å²) < 4.78 is 5.53. The average molecular weight is 418 g/mol. The second-order valence-corrected chi connectivity index (χ2v) is 7.36. The molecular formula is C22H31N3O5. The minimum absolute atomic E-state index is 0.252. The summed E-state index contributed by atoms with van der Waals surface area (Å²) in [6.45, 7) is 4.77. The highest BCUT2D eigenvalue weighted by atomic mass is 16.5. The molecule has 0 aliphatic carbocycles. The molecule has 30 heavy (non-hydrogen) atoms. The van der Waals surface area contributed by atoms with Crippen molar-refractivity contribution in [3.8, 4) is 0 Å². The molecule has 0 spiro atoms. The van der Waals surface area contributed by atoms with Crippen molar-refractivity contribution in [2.45, 2.75) is 57.7 Å². The fourth-order valence-corrected chi connectivity index (χ4v) is 3.40. The van der Waals surface area contributed by atoms with E-state index in [1.807, 2.05) is 44.2 Å². The first-order chi connectivity index (χ1) is 14.4. The Morgan fingerprint density at radius 3 is 2.43 bits per heavy atom. The summed E-state index contributed by atoms with van der Waals surface area (Å²) in [5, 5.41) is 12.1. The van der Waals surface area contributed by atoms with Crippen molar-refractivity contribution in [3.05, 3.63) is 47.7 Å².